The quantitative estimate of drug-likeness (QED) is 0.763. The van der Waals surface area contributed by atoms with Gasteiger partial charge in [0.1, 0.15) is 0 Å². The third-order valence-electron chi connectivity index (χ3n) is 4.04. The zero-order chi connectivity index (χ0) is 12.8. The summed E-state index contributed by atoms with van der Waals surface area (Å²) in [6.07, 6.45) is 3.92. The molecule has 3 nitrogen and oxygen atoms in total. The lowest BCUT2D eigenvalue weighted by Crippen LogP contribution is -2.52. The van der Waals surface area contributed by atoms with Gasteiger partial charge in [-0.3, -0.25) is 0 Å². The molecule has 0 aliphatic carbocycles. The van der Waals surface area contributed by atoms with Crippen LogP contribution in [-0.2, 0) is 0 Å². The van der Waals surface area contributed by atoms with E-state index in [0.717, 1.165) is 12.0 Å². The first kappa shape index (κ1) is 14.9. The first-order valence-electron chi connectivity index (χ1n) is 7.09. The second-order valence-corrected chi connectivity index (χ2v) is 6.09. The molecule has 0 radical (unpaired) electrons. The molecule has 0 spiro atoms. The summed E-state index contributed by atoms with van der Waals surface area (Å²) in [6, 6.07) is 1.40. The van der Waals surface area contributed by atoms with E-state index in [-0.39, 0.29) is 0 Å². The predicted molar refractivity (Wildman–Crippen MR) is 75.5 cm³/mol. The summed E-state index contributed by atoms with van der Waals surface area (Å²) >= 11 is 0. The third kappa shape index (κ3) is 5.36. The van der Waals surface area contributed by atoms with E-state index < -0.39 is 0 Å². The van der Waals surface area contributed by atoms with Gasteiger partial charge in [-0.15, -0.1) is 0 Å². The van der Waals surface area contributed by atoms with Gasteiger partial charge in [-0.25, -0.2) is 0 Å². The van der Waals surface area contributed by atoms with E-state index in [2.05, 4.69) is 50.1 Å². The van der Waals surface area contributed by atoms with Crippen LogP contribution in [0.1, 0.15) is 33.1 Å². The SMILES string of the molecule is CNC(CCC(C)C)CC1CN(C)CCN1C. The third-order valence-corrected chi connectivity index (χ3v) is 4.04. The Kier molecular flexibility index (Phi) is 6.45. The van der Waals surface area contributed by atoms with Crippen LogP contribution in [0.15, 0.2) is 0 Å². The predicted octanol–water partition coefficient (Wildman–Crippen LogP) is 1.65. The fourth-order valence-electron chi connectivity index (χ4n) is 2.60. The maximum atomic E-state index is 3.49. The van der Waals surface area contributed by atoms with Crippen molar-refractivity contribution in [3.8, 4) is 0 Å². The van der Waals surface area contributed by atoms with Crippen molar-refractivity contribution in [3.05, 3.63) is 0 Å². The molecule has 0 amide bonds. The summed E-state index contributed by atoms with van der Waals surface area (Å²) in [4.78, 5) is 4.99. The molecular weight excluding hydrogens is 210 g/mol. The molecule has 102 valence electrons. The minimum atomic E-state index is 0.677. The Morgan fingerprint density at radius 2 is 1.88 bits per heavy atom. The molecule has 1 N–H and O–H groups in total. The molecule has 0 saturated carbocycles. The van der Waals surface area contributed by atoms with Crippen molar-refractivity contribution in [2.45, 2.75) is 45.2 Å². The molecule has 2 unspecified atom stereocenters. The Balaban J connectivity index is 2.37. The molecule has 1 aliphatic rings. The van der Waals surface area contributed by atoms with E-state index in [4.69, 9.17) is 0 Å². The Labute approximate surface area is 108 Å². The number of piperazine rings is 1. The molecule has 0 bridgehead atoms. The molecule has 17 heavy (non-hydrogen) atoms. The van der Waals surface area contributed by atoms with Crippen LogP contribution in [0.3, 0.4) is 0 Å². The smallest absolute Gasteiger partial charge is 0.0235 e. The zero-order valence-corrected chi connectivity index (χ0v) is 12.4. The molecule has 1 fully saturated rings. The van der Waals surface area contributed by atoms with E-state index in [9.17, 15) is 0 Å². The van der Waals surface area contributed by atoms with Gasteiger partial charge in [0.15, 0.2) is 0 Å². The monoisotopic (exact) mass is 241 g/mol. The van der Waals surface area contributed by atoms with Crippen LogP contribution < -0.4 is 5.32 Å². The van der Waals surface area contributed by atoms with Crippen molar-refractivity contribution in [2.24, 2.45) is 5.92 Å². The van der Waals surface area contributed by atoms with Crippen molar-refractivity contribution in [1.29, 1.82) is 0 Å². The summed E-state index contributed by atoms with van der Waals surface area (Å²) in [7, 11) is 6.62. The normalized spacial score (nSPS) is 25.4. The average Bonchev–Trinajstić information content (AvgIpc) is 2.28. The number of hydrogen-bond acceptors (Lipinski definition) is 3. The van der Waals surface area contributed by atoms with Crippen LogP contribution >= 0.6 is 0 Å². The highest BCUT2D eigenvalue weighted by Crippen LogP contribution is 2.16. The summed E-state index contributed by atoms with van der Waals surface area (Å²) in [5.41, 5.74) is 0. The summed E-state index contributed by atoms with van der Waals surface area (Å²) in [6.45, 7) is 8.27. The van der Waals surface area contributed by atoms with E-state index in [0.29, 0.717) is 6.04 Å². The Morgan fingerprint density at radius 3 is 2.47 bits per heavy atom. The molecule has 3 heteroatoms. The lowest BCUT2D eigenvalue weighted by Gasteiger charge is -2.39. The second kappa shape index (κ2) is 7.34. The van der Waals surface area contributed by atoms with Gasteiger partial charge in [0.25, 0.3) is 0 Å². The number of nitrogens with one attached hydrogen (secondary N) is 1. The molecule has 1 heterocycles. The minimum absolute atomic E-state index is 0.677. The van der Waals surface area contributed by atoms with Crippen molar-refractivity contribution < 1.29 is 0 Å². The van der Waals surface area contributed by atoms with Gasteiger partial charge in [-0.2, -0.15) is 0 Å². The van der Waals surface area contributed by atoms with Gasteiger partial charge >= 0.3 is 0 Å². The Hall–Kier alpha value is -0.120. The van der Waals surface area contributed by atoms with Crippen molar-refractivity contribution in [1.82, 2.24) is 15.1 Å². The first-order valence-corrected chi connectivity index (χ1v) is 7.09. The Bertz CT molecular complexity index is 206. The number of nitrogens with zero attached hydrogens (tertiary/aromatic N) is 2. The highest BCUT2D eigenvalue weighted by molar-refractivity contribution is 4.83. The van der Waals surface area contributed by atoms with Crippen molar-refractivity contribution in [2.75, 3.05) is 40.8 Å². The Morgan fingerprint density at radius 1 is 1.18 bits per heavy atom. The standard InChI is InChI=1S/C14H31N3/c1-12(2)6-7-13(15-3)10-14-11-16(4)8-9-17(14)5/h12-15H,6-11H2,1-5H3. The molecule has 1 saturated heterocycles. The summed E-state index contributed by atoms with van der Waals surface area (Å²) in [5.74, 6) is 0.817. The zero-order valence-electron chi connectivity index (χ0n) is 12.4. The van der Waals surface area contributed by atoms with Crippen LogP contribution in [0.25, 0.3) is 0 Å². The molecule has 0 aromatic rings. The molecule has 1 aliphatic heterocycles. The van der Waals surface area contributed by atoms with Crippen LogP contribution in [0.5, 0.6) is 0 Å². The average molecular weight is 241 g/mol. The van der Waals surface area contributed by atoms with Crippen LogP contribution in [-0.4, -0.2) is 62.7 Å². The molecule has 2 atom stereocenters. The maximum absolute atomic E-state index is 3.49. The number of rotatable bonds is 6. The van der Waals surface area contributed by atoms with Crippen LogP contribution in [0.4, 0.5) is 0 Å². The molecule has 0 aromatic carbocycles. The fraction of sp³-hybridized carbons (Fsp3) is 1.00. The van der Waals surface area contributed by atoms with Gasteiger partial charge in [-0.05, 0) is 46.3 Å². The number of likely N-dealkylation sites (N-methyl/N-ethyl adjacent to an activating group) is 2. The highest BCUT2D eigenvalue weighted by atomic mass is 15.3. The minimum Gasteiger partial charge on any atom is -0.317 e. The molecule has 1 rings (SSSR count). The van der Waals surface area contributed by atoms with Gasteiger partial charge in [-0.1, -0.05) is 13.8 Å². The maximum Gasteiger partial charge on any atom is 0.0235 e. The van der Waals surface area contributed by atoms with E-state index in [1.807, 2.05) is 0 Å². The first-order chi connectivity index (χ1) is 8.02. The van der Waals surface area contributed by atoms with Gasteiger partial charge < -0.3 is 15.1 Å². The lowest BCUT2D eigenvalue weighted by atomic mass is 9.96. The second-order valence-electron chi connectivity index (χ2n) is 6.09. The van der Waals surface area contributed by atoms with E-state index in [1.165, 1.54) is 38.9 Å². The van der Waals surface area contributed by atoms with Gasteiger partial charge in [0, 0.05) is 31.7 Å². The lowest BCUT2D eigenvalue weighted by molar-refractivity contribution is 0.100. The molecular formula is C14H31N3. The van der Waals surface area contributed by atoms with E-state index >= 15 is 0 Å². The van der Waals surface area contributed by atoms with E-state index in [1.54, 1.807) is 0 Å². The van der Waals surface area contributed by atoms with Crippen LogP contribution in [0.2, 0.25) is 0 Å². The van der Waals surface area contributed by atoms with Crippen LogP contribution in [0, 0.1) is 5.92 Å². The largest absolute Gasteiger partial charge is 0.317 e. The van der Waals surface area contributed by atoms with Crippen molar-refractivity contribution >= 4 is 0 Å². The summed E-state index contributed by atoms with van der Waals surface area (Å²) < 4.78 is 0. The molecule has 0 aromatic heterocycles. The topological polar surface area (TPSA) is 18.5 Å². The fourth-order valence-corrected chi connectivity index (χ4v) is 2.60. The summed E-state index contributed by atoms with van der Waals surface area (Å²) in [5, 5.41) is 3.49. The van der Waals surface area contributed by atoms with Crippen molar-refractivity contribution in [3.63, 3.8) is 0 Å². The van der Waals surface area contributed by atoms with Gasteiger partial charge in [0.05, 0.1) is 0 Å². The highest BCUT2D eigenvalue weighted by Gasteiger charge is 2.24. The van der Waals surface area contributed by atoms with Gasteiger partial charge in [0.2, 0.25) is 0 Å². The number of hydrogen-bond donors (Lipinski definition) is 1.